The van der Waals surface area contributed by atoms with Crippen molar-refractivity contribution in [1.82, 2.24) is 0 Å². The van der Waals surface area contributed by atoms with Gasteiger partial charge in [0.05, 0.1) is 6.61 Å². The predicted molar refractivity (Wildman–Crippen MR) is 71.8 cm³/mol. The summed E-state index contributed by atoms with van der Waals surface area (Å²) in [5.41, 5.74) is 6.40. The lowest BCUT2D eigenvalue weighted by atomic mass is 9.99. The van der Waals surface area contributed by atoms with Crippen molar-refractivity contribution in [3.63, 3.8) is 0 Å². The zero-order chi connectivity index (χ0) is 12.2. The number of benzene rings is 1. The van der Waals surface area contributed by atoms with E-state index >= 15 is 0 Å². The molecule has 0 spiro atoms. The Hall–Kier alpha value is -1.29. The molecule has 3 nitrogen and oxygen atoms in total. The van der Waals surface area contributed by atoms with Gasteiger partial charge in [0.15, 0.2) is 5.11 Å². The molecule has 1 aromatic carbocycles. The topological polar surface area (TPSA) is 47.3 Å². The first kappa shape index (κ1) is 12.8. The largest absolute Gasteiger partial charge is 0.493 e. The Morgan fingerprint density at radius 3 is 2.31 bits per heavy atom. The summed E-state index contributed by atoms with van der Waals surface area (Å²) < 4.78 is 5.64. The van der Waals surface area contributed by atoms with Gasteiger partial charge in [-0.05, 0) is 41.9 Å². The number of thiocarbonyl (C=S) groups is 1. The van der Waals surface area contributed by atoms with E-state index in [1.54, 1.807) is 0 Å². The van der Waals surface area contributed by atoms with Gasteiger partial charge in [-0.15, -0.1) is 0 Å². The maximum atomic E-state index is 5.64. The fourth-order valence-electron chi connectivity index (χ4n) is 1.08. The molecule has 88 valence electrons. The maximum Gasteiger partial charge on any atom is 0.168 e. The van der Waals surface area contributed by atoms with Crippen LogP contribution in [0.3, 0.4) is 0 Å². The van der Waals surface area contributed by atoms with Crippen molar-refractivity contribution in [2.24, 2.45) is 11.1 Å². The minimum Gasteiger partial charge on any atom is -0.493 e. The first-order valence-corrected chi connectivity index (χ1v) is 5.57. The molecule has 0 fully saturated rings. The van der Waals surface area contributed by atoms with E-state index in [2.05, 4.69) is 26.1 Å². The van der Waals surface area contributed by atoms with Crippen LogP contribution in [0.4, 0.5) is 5.69 Å². The molecular weight excluding hydrogens is 220 g/mol. The molecule has 16 heavy (non-hydrogen) atoms. The van der Waals surface area contributed by atoms with Gasteiger partial charge in [0.1, 0.15) is 5.75 Å². The van der Waals surface area contributed by atoms with Gasteiger partial charge >= 0.3 is 0 Å². The molecule has 0 saturated heterocycles. The molecule has 0 aliphatic rings. The average molecular weight is 238 g/mol. The zero-order valence-corrected chi connectivity index (χ0v) is 10.7. The number of ether oxygens (including phenoxy) is 1. The van der Waals surface area contributed by atoms with E-state index < -0.39 is 0 Å². The third-order valence-corrected chi connectivity index (χ3v) is 1.90. The summed E-state index contributed by atoms with van der Waals surface area (Å²) in [6, 6.07) is 7.56. The number of rotatable bonds is 3. The standard InChI is InChI=1S/C12H18N2OS/c1-12(2,3)8-15-10-6-4-9(5-7-10)14-11(13)16/h4-7H,8H2,1-3H3,(H3,13,14,16). The smallest absolute Gasteiger partial charge is 0.168 e. The van der Waals surface area contributed by atoms with Crippen LogP contribution in [0.1, 0.15) is 20.8 Å². The Labute approximate surface area is 102 Å². The lowest BCUT2D eigenvalue weighted by molar-refractivity contribution is 0.198. The zero-order valence-electron chi connectivity index (χ0n) is 9.91. The van der Waals surface area contributed by atoms with Crippen molar-refractivity contribution in [2.75, 3.05) is 11.9 Å². The molecule has 1 aromatic rings. The predicted octanol–water partition coefficient (Wildman–Crippen LogP) is 2.77. The Morgan fingerprint density at radius 2 is 1.88 bits per heavy atom. The van der Waals surface area contributed by atoms with Gasteiger partial charge in [-0.25, -0.2) is 0 Å². The fourth-order valence-corrected chi connectivity index (χ4v) is 1.19. The highest BCUT2D eigenvalue weighted by Gasteiger charge is 2.10. The summed E-state index contributed by atoms with van der Waals surface area (Å²) in [5.74, 6) is 0.850. The highest BCUT2D eigenvalue weighted by atomic mass is 32.1. The van der Waals surface area contributed by atoms with Crippen molar-refractivity contribution >= 4 is 23.0 Å². The van der Waals surface area contributed by atoms with Gasteiger partial charge in [-0.2, -0.15) is 0 Å². The summed E-state index contributed by atoms with van der Waals surface area (Å²) in [5, 5.41) is 3.12. The molecule has 0 saturated carbocycles. The van der Waals surface area contributed by atoms with E-state index in [0.717, 1.165) is 11.4 Å². The van der Waals surface area contributed by atoms with Crippen LogP contribution in [0, 0.1) is 5.41 Å². The van der Waals surface area contributed by atoms with E-state index in [0.29, 0.717) is 6.61 Å². The minimum atomic E-state index is 0.162. The van der Waals surface area contributed by atoms with Crippen molar-refractivity contribution in [3.05, 3.63) is 24.3 Å². The van der Waals surface area contributed by atoms with Gasteiger partial charge in [0.2, 0.25) is 0 Å². The molecule has 0 unspecified atom stereocenters. The first-order valence-electron chi connectivity index (χ1n) is 5.16. The van der Waals surface area contributed by atoms with Crippen LogP contribution < -0.4 is 15.8 Å². The van der Waals surface area contributed by atoms with E-state index in [4.69, 9.17) is 22.7 Å². The Bertz CT molecular complexity index is 354. The van der Waals surface area contributed by atoms with Crippen LogP contribution in [-0.2, 0) is 0 Å². The van der Waals surface area contributed by atoms with Gasteiger partial charge in [0.25, 0.3) is 0 Å². The Balaban J connectivity index is 2.55. The quantitative estimate of drug-likeness (QED) is 0.795. The fraction of sp³-hybridized carbons (Fsp3) is 0.417. The van der Waals surface area contributed by atoms with E-state index in [-0.39, 0.29) is 10.5 Å². The van der Waals surface area contributed by atoms with Gasteiger partial charge in [0, 0.05) is 5.69 Å². The summed E-state index contributed by atoms with van der Waals surface area (Å²) >= 11 is 4.75. The molecule has 0 atom stereocenters. The summed E-state index contributed by atoms with van der Waals surface area (Å²) in [7, 11) is 0. The second-order valence-corrected chi connectivity index (χ2v) is 5.30. The monoisotopic (exact) mass is 238 g/mol. The lowest BCUT2D eigenvalue weighted by Crippen LogP contribution is -2.19. The molecule has 0 heterocycles. The normalized spacial score (nSPS) is 10.9. The third-order valence-electron chi connectivity index (χ3n) is 1.79. The number of anilines is 1. The Kier molecular flexibility index (Phi) is 4.12. The van der Waals surface area contributed by atoms with Crippen molar-refractivity contribution in [1.29, 1.82) is 0 Å². The molecule has 0 radical (unpaired) electrons. The van der Waals surface area contributed by atoms with Crippen LogP contribution in [0.25, 0.3) is 0 Å². The Morgan fingerprint density at radius 1 is 1.31 bits per heavy atom. The van der Waals surface area contributed by atoms with E-state index in [9.17, 15) is 0 Å². The van der Waals surface area contributed by atoms with Gasteiger partial charge in [-0.1, -0.05) is 20.8 Å². The molecule has 0 aromatic heterocycles. The van der Waals surface area contributed by atoms with E-state index in [1.807, 2.05) is 24.3 Å². The maximum absolute atomic E-state index is 5.64. The van der Waals surface area contributed by atoms with E-state index in [1.165, 1.54) is 0 Å². The second kappa shape index (κ2) is 5.16. The summed E-state index contributed by atoms with van der Waals surface area (Å²) in [6.45, 7) is 7.09. The number of hydrogen-bond acceptors (Lipinski definition) is 2. The average Bonchev–Trinajstić information content (AvgIpc) is 2.14. The van der Waals surface area contributed by atoms with Crippen LogP contribution >= 0.6 is 12.2 Å². The number of hydrogen-bond donors (Lipinski definition) is 2. The van der Waals surface area contributed by atoms with Crippen LogP contribution in [0.2, 0.25) is 0 Å². The highest BCUT2D eigenvalue weighted by Crippen LogP contribution is 2.19. The molecule has 1 rings (SSSR count). The molecule has 0 aliphatic carbocycles. The highest BCUT2D eigenvalue weighted by molar-refractivity contribution is 7.80. The molecule has 3 N–H and O–H groups in total. The van der Waals surface area contributed by atoms with Crippen LogP contribution in [0.5, 0.6) is 5.75 Å². The summed E-state index contributed by atoms with van der Waals surface area (Å²) in [6.07, 6.45) is 0. The molecule has 4 heteroatoms. The first-order chi connectivity index (χ1) is 7.37. The molecule has 0 amide bonds. The molecular formula is C12H18N2OS. The van der Waals surface area contributed by atoms with Crippen LogP contribution in [-0.4, -0.2) is 11.7 Å². The van der Waals surface area contributed by atoms with Gasteiger partial charge < -0.3 is 15.8 Å². The number of nitrogens with one attached hydrogen (secondary N) is 1. The SMILES string of the molecule is CC(C)(C)COc1ccc(NC(N)=S)cc1. The van der Waals surface area contributed by atoms with Gasteiger partial charge in [-0.3, -0.25) is 0 Å². The van der Waals surface area contributed by atoms with Crippen LogP contribution in [0.15, 0.2) is 24.3 Å². The minimum absolute atomic E-state index is 0.162. The number of nitrogens with two attached hydrogens (primary N) is 1. The third kappa shape index (κ3) is 4.98. The molecule has 0 bridgehead atoms. The molecule has 0 aliphatic heterocycles. The van der Waals surface area contributed by atoms with Crippen molar-refractivity contribution in [3.8, 4) is 5.75 Å². The second-order valence-electron chi connectivity index (χ2n) is 4.86. The van der Waals surface area contributed by atoms with Crippen molar-refractivity contribution in [2.45, 2.75) is 20.8 Å². The summed E-state index contributed by atoms with van der Waals surface area (Å²) in [4.78, 5) is 0. The van der Waals surface area contributed by atoms with Crippen molar-refractivity contribution < 1.29 is 4.74 Å². The lowest BCUT2D eigenvalue weighted by Gasteiger charge is -2.18.